The first-order valence-electron chi connectivity index (χ1n) is 10.0. The lowest BCUT2D eigenvalue weighted by Crippen LogP contribution is -2.15. The van der Waals surface area contributed by atoms with Crippen LogP contribution >= 0.6 is 56.7 Å². The highest BCUT2D eigenvalue weighted by atomic mass is 32.1. The van der Waals surface area contributed by atoms with Crippen LogP contribution in [-0.2, 0) is 0 Å². The van der Waals surface area contributed by atoms with Crippen LogP contribution in [0.25, 0.3) is 39.0 Å². The van der Waals surface area contributed by atoms with Gasteiger partial charge >= 0.3 is 0 Å². The molecule has 9 heteroatoms. The molecule has 0 aromatic carbocycles. The van der Waals surface area contributed by atoms with E-state index in [0.717, 1.165) is 19.5 Å². The highest BCUT2D eigenvalue weighted by Crippen LogP contribution is 2.44. The second-order valence-electron chi connectivity index (χ2n) is 6.98. The molecule has 0 radical (unpaired) electrons. The average Bonchev–Trinajstić information content (AvgIpc) is 3.65. The second-order valence-corrected chi connectivity index (χ2v) is 12.4. The van der Waals surface area contributed by atoms with E-state index in [1.807, 2.05) is 24.3 Å². The Balaban J connectivity index is 1.35. The second kappa shape index (κ2) is 9.36. The monoisotopic (exact) mass is 526 g/mol. The lowest BCUT2D eigenvalue weighted by atomic mass is 10.3. The zero-order valence-electron chi connectivity index (χ0n) is 17.6. The van der Waals surface area contributed by atoms with Crippen molar-refractivity contribution < 1.29 is 9.59 Å². The van der Waals surface area contributed by atoms with Gasteiger partial charge in [0, 0.05) is 53.1 Å². The maximum absolute atomic E-state index is 11.8. The van der Waals surface area contributed by atoms with Gasteiger partial charge in [-0.2, -0.15) is 0 Å². The quantitative estimate of drug-likeness (QED) is 0.242. The summed E-state index contributed by atoms with van der Waals surface area (Å²) < 4.78 is 0. The number of carbonyl (C=O) groups is 2. The summed E-state index contributed by atoms with van der Waals surface area (Å²) >= 11 is 8.30. The highest BCUT2D eigenvalue weighted by molar-refractivity contribution is 7.30. The minimum absolute atomic E-state index is 0.0475. The van der Waals surface area contributed by atoms with Gasteiger partial charge in [0.25, 0.3) is 11.8 Å². The molecular weight excluding hydrogens is 509 g/mol. The van der Waals surface area contributed by atoms with Gasteiger partial charge in [-0.1, -0.05) is 0 Å². The number of thiophene rings is 5. The number of amides is 2. The molecule has 0 saturated heterocycles. The Morgan fingerprint density at radius 2 is 0.697 bits per heavy atom. The predicted octanol–water partition coefficient (Wildman–Crippen LogP) is 7.38. The molecule has 0 saturated carbocycles. The first-order valence-corrected chi connectivity index (χ1v) is 14.1. The van der Waals surface area contributed by atoms with Crippen molar-refractivity contribution in [3.63, 3.8) is 0 Å². The van der Waals surface area contributed by atoms with E-state index >= 15 is 0 Å². The molecule has 33 heavy (non-hydrogen) atoms. The molecule has 5 heterocycles. The molecule has 2 N–H and O–H groups in total. The molecule has 4 nitrogen and oxygen atoms in total. The molecule has 166 valence electrons. The summed E-state index contributed by atoms with van der Waals surface area (Å²) in [5.41, 5.74) is 0. The standard InChI is InChI=1S/C24H18N2O2S5/c1-25-23(27)21-11-9-19(32-21)17-7-5-15(30-17)13-3-4-14(29-13)16-6-8-18(31-16)20-10-12-22(33-20)24(28)26-2/h3-12H,1-2H3,(H,25,27)(H,26,28). The summed E-state index contributed by atoms with van der Waals surface area (Å²) in [6.07, 6.45) is 0. The van der Waals surface area contributed by atoms with Gasteiger partial charge in [0.2, 0.25) is 0 Å². The fourth-order valence-electron chi connectivity index (χ4n) is 3.24. The van der Waals surface area contributed by atoms with E-state index in [0.29, 0.717) is 0 Å². The Kier molecular flexibility index (Phi) is 6.31. The van der Waals surface area contributed by atoms with Gasteiger partial charge < -0.3 is 10.6 Å². The molecule has 0 bridgehead atoms. The van der Waals surface area contributed by atoms with Gasteiger partial charge in [0.05, 0.1) is 9.75 Å². The molecule has 5 aromatic rings. The molecule has 2 amide bonds. The van der Waals surface area contributed by atoms with Crippen LogP contribution in [0.15, 0.2) is 60.7 Å². The topological polar surface area (TPSA) is 58.2 Å². The van der Waals surface area contributed by atoms with E-state index in [1.54, 1.807) is 48.1 Å². The molecule has 0 spiro atoms. The Labute approximate surface area is 211 Å². The van der Waals surface area contributed by atoms with Crippen molar-refractivity contribution in [1.82, 2.24) is 10.6 Å². The lowest BCUT2D eigenvalue weighted by molar-refractivity contribution is 0.0959. The van der Waals surface area contributed by atoms with Crippen molar-refractivity contribution in [3.05, 3.63) is 70.4 Å². The normalized spacial score (nSPS) is 11.0. The van der Waals surface area contributed by atoms with Crippen LogP contribution in [0, 0.1) is 0 Å². The average molecular weight is 527 g/mol. The van der Waals surface area contributed by atoms with E-state index in [-0.39, 0.29) is 11.8 Å². The summed E-state index contributed by atoms with van der Waals surface area (Å²) in [6.45, 7) is 0. The fraction of sp³-hybridized carbons (Fsp3) is 0.0833. The molecule has 5 rings (SSSR count). The Bertz CT molecular complexity index is 1340. The van der Waals surface area contributed by atoms with Crippen LogP contribution in [-0.4, -0.2) is 25.9 Å². The fourth-order valence-corrected chi connectivity index (χ4v) is 8.52. The van der Waals surface area contributed by atoms with Gasteiger partial charge in [-0.3, -0.25) is 9.59 Å². The van der Waals surface area contributed by atoms with Crippen LogP contribution in [0.4, 0.5) is 0 Å². The maximum atomic E-state index is 11.8. The molecule has 0 aliphatic heterocycles. The van der Waals surface area contributed by atoms with E-state index in [2.05, 4.69) is 47.0 Å². The minimum atomic E-state index is -0.0475. The SMILES string of the molecule is CNC(=O)c1ccc(-c2ccc(-c3ccc(-c4ccc(-c5ccc(C(=O)NC)s5)s4)s3)s2)s1. The number of carbonyl (C=O) groups excluding carboxylic acids is 2. The largest absolute Gasteiger partial charge is 0.354 e. The maximum Gasteiger partial charge on any atom is 0.261 e. The first-order chi connectivity index (χ1) is 16.1. The summed E-state index contributed by atoms with van der Waals surface area (Å²) in [4.78, 5) is 34.6. The van der Waals surface area contributed by atoms with Crippen molar-refractivity contribution in [3.8, 4) is 39.0 Å². The van der Waals surface area contributed by atoms with Crippen molar-refractivity contribution in [2.24, 2.45) is 0 Å². The third kappa shape index (κ3) is 4.47. The van der Waals surface area contributed by atoms with Gasteiger partial charge in [0.1, 0.15) is 0 Å². The van der Waals surface area contributed by atoms with Crippen molar-refractivity contribution in [2.75, 3.05) is 14.1 Å². The molecule has 0 atom stereocenters. The summed E-state index contributed by atoms with van der Waals surface area (Å²) in [5.74, 6) is -0.0951. The smallest absolute Gasteiger partial charge is 0.261 e. The molecule has 0 fully saturated rings. The van der Waals surface area contributed by atoms with Crippen LogP contribution < -0.4 is 10.6 Å². The molecule has 0 aliphatic rings. The lowest BCUT2D eigenvalue weighted by Gasteiger charge is -1.94. The number of rotatable bonds is 6. The number of hydrogen-bond acceptors (Lipinski definition) is 7. The summed E-state index contributed by atoms with van der Waals surface area (Å²) in [7, 11) is 3.30. The van der Waals surface area contributed by atoms with Crippen LogP contribution in [0.1, 0.15) is 19.3 Å². The number of hydrogen-bond donors (Lipinski definition) is 2. The third-order valence-electron chi connectivity index (χ3n) is 4.90. The van der Waals surface area contributed by atoms with Crippen molar-refractivity contribution >= 4 is 68.5 Å². The highest BCUT2D eigenvalue weighted by Gasteiger charge is 2.14. The van der Waals surface area contributed by atoms with Gasteiger partial charge in [-0.15, -0.1) is 56.7 Å². The molecule has 0 unspecified atom stereocenters. The van der Waals surface area contributed by atoms with Crippen molar-refractivity contribution in [1.29, 1.82) is 0 Å². The van der Waals surface area contributed by atoms with E-state index in [1.165, 1.54) is 51.9 Å². The van der Waals surface area contributed by atoms with Crippen molar-refractivity contribution in [2.45, 2.75) is 0 Å². The zero-order valence-corrected chi connectivity index (χ0v) is 21.7. The molecule has 0 aliphatic carbocycles. The van der Waals surface area contributed by atoms with Gasteiger partial charge in [-0.05, 0) is 60.7 Å². The Morgan fingerprint density at radius 3 is 0.970 bits per heavy atom. The molecule has 5 aromatic heterocycles. The van der Waals surface area contributed by atoms with E-state index in [9.17, 15) is 9.59 Å². The van der Waals surface area contributed by atoms with Gasteiger partial charge in [-0.25, -0.2) is 0 Å². The predicted molar refractivity (Wildman–Crippen MR) is 144 cm³/mol. The Morgan fingerprint density at radius 1 is 0.455 bits per heavy atom. The summed E-state index contributed by atoms with van der Waals surface area (Å²) in [6, 6.07) is 20.7. The summed E-state index contributed by atoms with van der Waals surface area (Å²) in [5, 5.41) is 5.35. The van der Waals surface area contributed by atoms with Crippen LogP contribution in [0.2, 0.25) is 0 Å². The van der Waals surface area contributed by atoms with E-state index in [4.69, 9.17) is 0 Å². The number of nitrogens with one attached hydrogen (secondary N) is 2. The van der Waals surface area contributed by atoms with E-state index < -0.39 is 0 Å². The Hall–Kier alpha value is -2.56. The van der Waals surface area contributed by atoms with Gasteiger partial charge in [0.15, 0.2) is 0 Å². The zero-order chi connectivity index (χ0) is 22.9. The molecular formula is C24H18N2O2S5. The third-order valence-corrected chi connectivity index (χ3v) is 11.1. The first kappa shape index (κ1) is 22.2. The minimum Gasteiger partial charge on any atom is -0.354 e. The van der Waals surface area contributed by atoms with Crippen LogP contribution in [0.3, 0.4) is 0 Å². The van der Waals surface area contributed by atoms with Crippen LogP contribution in [0.5, 0.6) is 0 Å².